The smallest absolute Gasteiger partial charge is 0.257 e. The summed E-state index contributed by atoms with van der Waals surface area (Å²) in [6, 6.07) is 5.92. The maximum absolute atomic E-state index is 11.7. The summed E-state index contributed by atoms with van der Waals surface area (Å²) in [5, 5.41) is 2.84. The van der Waals surface area contributed by atoms with Crippen LogP contribution in [0.15, 0.2) is 18.2 Å². The lowest BCUT2D eigenvalue weighted by Gasteiger charge is -2.11. The van der Waals surface area contributed by atoms with Crippen molar-refractivity contribution in [2.24, 2.45) is 5.92 Å². The third-order valence-electron chi connectivity index (χ3n) is 3.85. The van der Waals surface area contributed by atoms with Crippen LogP contribution in [0.2, 0.25) is 0 Å². The Kier molecular flexibility index (Phi) is 7.36. The molecular formula is C18H27NO4. The van der Waals surface area contributed by atoms with Crippen LogP contribution in [0, 0.1) is 19.8 Å². The van der Waals surface area contributed by atoms with E-state index >= 15 is 0 Å². The van der Waals surface area contributed by atoms with Gasteiger partial charge in [0.1, 0.15) is 5.75 Å². The zero-order chi connectivity index (χ0) is 16.5. The quantitative estimate of drug-likeness (QED) is 0.709. The average Bonchev–Trinajstić information content (AvgIpc) is 3.03. The van der Waals surface area contributed by atoms with Crippen molar-refractivity contribution in [3.05, 3.63) is 29.3 Å². The third-order valence-corrected chi connectivity index (χ3v) is 3.85. The number of benzene rings is 1. The van der Waals surface area contributed by atoms with Crippen LogP contribution >= 0.6 is 0 Å². The van der Waals surface area contributed by atoms with Gasteiger partial charge in [0.2, 0.25) is 0 Å². The molecule has 5 nitrogen and oxygen atoms in total. The number of aryl methyl sites for hydroxylation is 2. The average molecular weight is 321 g/mol. The van der Waals surface area contributed by atoms with Gasteiger partial charge in [-0.25, -0.2) is 0 Å². The van der Waals surface area contributed by atoms with Gasteiger partial charge >= 0.3 is 0 Å². The summed E-state index contributed by atoms with van der Waals surface area (Å²) >= 11 is 0. The minimum atomic E-state index is -0.103. The molecule has 1 fully saturated rings. The summed E-state index contributed by atoms with van der Waals surface area (Å²) in [7, 11) is 0. The van der Waals surface area contributed by atoms with E-state index < -0.39 is 0 Å². The molecule has 1 atom stereocenters. The number of nitrogens with one attached hydrogen (secondary N) is 1. The molecule has 0 bridgehead atoms. The minimum absolute atomic E-state index is 0.0458. The van der Waals surface area contributed by atoms with Gasteiger partial charge in [0.05, 0.1) is 13.2 Å². The van der Waals surface area contributed by atoms with Crippen molar-refractivity contribution >= 4 is 5.91 Å². The molecule has 128 valence electrons. The Bertz CT molecular complexity index is 498. The van der Waals surface area contributed by atoms with E-state index in [1.54, 1.807) is 0 Å². The number of amides is 1. The summed E-state index contributed by atoms with van der Waals surface area (Å²) in [6.07, 6.45) is 1.90. The van der Waals surface area contributed by atoms with Crippen molar-refractivity contribution < 1.29 is 19.0 Å². The highest BCUT2D eigenvalue weighted by Gasteiger charge is 2.15. The van der Waals surface area contributed by atoms with Gasteiger partial charge in [0.15, 0.2) is 6.61 Å². The standard InChI is InChI=1S/C18H27NO4/c1-14-4-5-17(15(2)10-14)23-13-18(20)19-7-3-8-21-11-16-6-9-22-12-16/h4-5,10,16H,3,6-9,11-13H2,1-2H3,(H,19,20)/t16-/m1/s1. The monoisotopic (exact) mass is 321 g/mol. The largest absolute Gasteiger partial charge is 0.484 e. The van der Waals surface area contributed by atoms with E-state index in [9.17, 15) is 4.79 Å². The zero-order valence-corrected chi connectivity index (χ0v) is 14.1. The predicted octanol–water partition coefficient (Wildman–Crippen LogP) is 2.24. The molecule has 0 radical (unpaired) electrons. The van der Waals surface area contributed by atoms with Gasteiger partial charge in [-0.2, -0.15) is 0 Å². The first-order valence-electron chi connectivity index (χ1n) is 8.27. The molecule has 2 rings (SSSR count). The molecule has 1 aromatic carbocycles. The lowest BCUT2D eigenvalue weighted by Crippen LogP contribution is -2.30. The number of hydrogen-bond acceptors (Lipinski definition) is 4. The summed E-state index contributed by atoms with van der Waals surface area (Å²) in [5.41, 5.74) is 2.23. The Hall–Kier alpha value is -1.59. The van der Waals surface area contributed by atoms with E-state index in [1.807, 2.05) is 32.0 Å². The number of carbonyl (C=O) groups excluding carboxylic acids is 1. The lowest BCUT2D eigenvalue weighted by atomic mass is 10.1. The number of hydrogen-bond donors (Lipinski definition) is 1. The molecule has 1 saturated heterocycles. The highest BCUT2D eigenvalue weighted by molar-refractivity contribution is 5.77. The first-order chi connectivity index (χ1) is 11.1. The minimum Gasteiger partial charge on any atom is -0.484 e. The second-order valence-corrected chi connectivity index (χ2v) is 6.07. The summed E-state index contributed by atoms with van der Waals surface area (Å²) in [5.74, 6) is 1.19. The van der Waals surface area contributed by atoms with Gasteiger partial charge in [-0.05, 0) is 38.3 Å². The molecular weight excluding hydrogens is 294 g/mol. The van der Waals surface area contributed by atoms with E-state index in [1.165, 1.54) is 5.56 Å². The van der Waals surface area contributed by atoms with Crippen molar-refractivity contribution in [2.45, 2.75) is 26.7 Å². The molecule has 1 heterocycles. The second-order valence-electron chi connectivity index (χ2n) is 6.07. The molecule has 0 aliphatic carbocycles. The molecule has 0 saturated carbocycles. The Labute approximate surface area is 138 Å². The van der Waals surface area contributed by atoms with Crippen molar-refractivity contribution in [3.63, 3.8) is 0 Å². The highest BCUT2D eigenvalue weighted by atomic mass is 16.5. The van der Waals surface area contributed by atoms with E-state index in [4.69, 9.17) is 14.2 Å². The summed E-state index contributed by atoms with van der Waals surface area (Å²) < 4.78 is 16.4. The van der Waals surface area contributed by atoms with Crippen molar-refractivity contribution in [3.8, 4) is 5.75 Å². The van der Waals surface area contributed by atoms with Gasteiger partial charge in [-0.1, -0.05) is 17.7 Å². The van der Waals surface area contributed by atoms with Crippen LogP contribution in [-0.4, -0.2) is 45.5 Å². The topological polar surface area (TPSA) is 56.8 Å². The molecule has 1 aromatic rings. The van der Waals surface area contributed by atoms with E-state index in [0.717, 1.165) is 44.0 Å². The summed E-state index contributed by atoms with van der Waals surface area (Å²) in [6.45, 7) is 7.74. The van der Waals surface area contributed by atoms with Crippen molar-refractivity contribution in [1.29, 1.82) is 0 Å². The van der Waals surface area contributed by atoms with Crippen LogP contribution in [0.3, 0.4) is 0 Å². The molecule has 0 spiro atoms. The SMILES string of the molecule is Cc1ccc(OCC(=O)NCCCOC[C@H]2CCOC2)c(C)c1. The number of carbonyl (C=O) groups is 1. The number of rotatable bonds is 9. The van der Waals surface area contributed by atoms with Crippen molar-refractivity contribution in [1.82, 2.24) is 5.32 Å². The normalized spacial score (nSPS) is 17.2. The molecule has 1 amide bonds. The van der Waals surface area contributed by atoms with Crippen LogP contribution in [0.4, 0.5) is 0 Å². The second kappa shape index (κ2) is 9.53. The molecule has 1 aliphatic heterocycles. The van der Waals surface area contributed by atoms with Gasteiger partial charge in [-0.3, -0.25) is 4.79 Å². The Morgan fingerprint density at radius 1 is 1.39 bits per heavy atom. The highest BCUT2D eigenvalue weighted by Crippen LogP contribution is 2.18. The summed E-state index contributed by atoms with van der Waals surface area (Å²) in [4.78, 5) is 11.7. The van der Waals surface area contributed by atoms with Crippen LogP contribution in [0.25, 0.3) is 0 Å². The first kappa shape index (κ1) is 17.8. The fraction of sp³-hybridized carbons (Fsp3) is 0.611. The fourth-order valence-corrected chi connectivity index (χ4v) is 2.52. The van der Waals surface area contributed by atoms with Crippen LogP contribution in [0.5, 0.6) is 5.75 Å². The van der Waals surface area contributed by atoms with E-state index in [2.05, 4.69) is 5.32 Å². The van der Waals surface area contributed by atoms with Gasteiger partial charge in [0.25, 0.3) is 5.91 Å². The fourth-order valence-electron chi connectivity index (χ4n) is 2.52. The number of ether oxygens (including phenoxy) is 3. The van der Waals surface area contributed by atoms with E-state index in [0.29, 0.717) is 19.1 Å². The Morgan fingerprint density at radius 2 is 2.26 bits per heavy atom. The Morgan fingerprint density at radius 3 is 3.00 bits per heavy atom. The maximum atomic E-state index is 11.7. The van der Waals surface area contributed by atoms with Crippen molar-refractivity contribution in [2.75, 3.05) is 39.6 Å². The first-order valence-corrected chi connectivity index (χ1v) is 8.27. The van der Waals surface area contributed by atoms with Gasteiger partial charge in [0, 0.05) is 25.7 Å². The molecule has 0 aromatic heterocycles. The molecule has 1 N–H and O–H groups in total. The predicted molar refractivity (Wildman–Crippen MR) is 88.8 cm³/mol. The maximum Gasteiger partial charge on any atom is 0.257 e. The third kappa shape index (κ3) is 6.59. The van der Waals surface area contributed by atoms with Gasteiger partial charge in [-0.15, -0.1) is 0 Å². The Balaban J connectivity index is 1.51. The van der Waals surface area contributed by atoms with Crippen LogP contribution < -0.4 is 10.1 Å². The van der Waals surface area contributed by atoms with E-state index in [-0.39, 0.29) is 12.5 Å². The molecule has 1 aliphatic rings. The zero-order valence-electron chi connectivity index (χ0n) is 14.1. The lowest BCUT2D eigenvalue weighted by molar-refractivity contribution is -0.123. The van der Waals surface area contributed by atoms with Gasteiger partial charge < -0.3 is 19.5 Å². The van der Waals surface area contributed by atoms with Crippen LogP contribution in [-0.2, 0) is 14.3 Å². The molecule has 0 unspecified atom stereocenters. The molecule has 5 heteroatoms. The van der Waals surface area contributed by atoms with Crippen LogP contribution in [0.1, 0.15) is 24.0 Å². The molecule has 23 heavy (non-hydrogen) atoms.